The molecule has 1 nitrogen and oxygen atoms in total. The molecule has 0 aromatic heterocycles. The van der Waals surface area contributed by atoms with Crippen LogP contribution in [0.25, 0.3) is 11.1 Å². The van der Waals surface area contributed by atoms with E-state index in [1.807, 2.05) is 43.3 Å². The molecule has 0 atom stereocenters. The molecule has 0 aliphatic heterocycles. The first-order valence-electron chi connectivity index (χ1n) is 5.75. The smallest absolute Gasteiger partial charge is 0.126 e. The maximum Gasteiger partial charge on any atom is 0.126 e. The normalized spacial score (nSPS) is 10.9. The van der Waals surface area contributed by atoms with Crippen LogP contribution in [0.4, 0.5) is 8.78 Å². The number of halogens is 2. The van der Waals surface area contributed by atoms with E-state index >= 15 is 0 Å². The lowest BCUT2D eigenvalue weighted by molar-refractivity contribution is 0.403. The Bertz CT molecular complexity index is 530. The molecule has 0 N–H and O–H groups in total. The van der Waals surface area contributed by atoms with Gasteiger partial charge in [0, 0.05) is 12.6 Å². The summed E-state index contributed by atoms with van der Waals surface area (Å²) in [6.45, 7) is 0.730. The van der Waals surface area contributed by atoms with E-state index < -0.39 is 11.6 Å². The highest BCUT2D eigenvalue weighted by molar-refractivity contribution is 5.67. The summed E-state index contributed by atoms with van der Waals surface area (Å²) in [5, 5.41) is 0. The topological polar surface area (TPSA) is 3.24 Å². The zero-order valence-corrected chi connectivity index (χ0v) is 10.5. The van der Waals surface area contributed by atoms with Crippen molar-refractivity contribution in [1.82, 2.24) is 4.90 Å². The second kappa shape index (κ2) is 5.27. The number of hydrogen-bond donors (Lipinski definition) is 0. The second-order valence-corrected chi connectivity index (χ2v) is 4.55. The molecule has 3 heteroatoms. The van der Waals surface area contributed by atoms with Crippen LogP contribution in [0.2, 0.25) is 0 Å². The fraction of sp³-hybridized carbons (Fsp3) is 0.200. The SMILES string of the molecule is CN(C)Cc1ccccc1-c1cc(F)cc(F)c1. The molecule has 0 saturated carbocycles. The van der Waals surface area contributed by atoms with Crippen molar-refractivity contribution >= 4 is 0 Å². The van der Waals surface area contributed by atoms with Crippen molar-refractivity contribution in [2.45, 2.75) is 6.54 Å². The van der Waals surface area contributed by atoms with Crippen LogP contribution in [-0.4, -0.2) is 19.0 Å². The Morgan fingerprint density at radius 3 is 2.17 bits per heavy atom. The summed E-state index contributed by atoms with van der Waals surface area (Å²) in [4.78, 5) is 2.02. The van der Waals surface area contributed by atoms with Crippen molar-refractivity contribution in [3.05, 3.63) is 59.7 Å². The van der Waals surface area contributed by atoms with E-state index in [4.69, 9.17) is 0 Å². The van der Waals surface area contributed by atoms with Crippen LogP contribution in [-0.2, 0) is 6.54 Å². The summed E-state index contributed by atoms with van der Waals surface area (Å²) in [7, 11) is 3.92. The number of hydrogen-bond acceptors (Lipinski definition) is 1. The van der Waals surface area contributed by atoms with Crippen LogP contribution in [0.3, 0.4) is 0 Å². The molecule has 2 aromatic carbocycles. The van der Waals surface area contributed by atoms with Crippen molar-refractivity contribution in [1.29, 1.82) is 0 Å². The van der Waals surface area contributed by atoms with E-state index in [1.165, 1.54) is 12.1 Å². The van der Waals surface area contributed by atoms with Gasteiger partial charge in [-0.05, 0) is 42.9 Å². The zero-order chi connectivity index (χ0) is 13.1. The van der Waals surface area contributed by atoms with Gasteiger partial charge in [-0.1, -0.05) is 24.3 Å². The Labute approximate surface area is 106 Å². The van der Waals surface area contributed by atoms with Gasteiger partial charge < -0.3 is 4.90 Å². The lowest BCUT2D eigenvalue weighted by Crippen LogP contribution is -2.11. The Hall–Kier alpha value is -1.74. The van der Waals surface area contributed by atoms with Crippen molar-refractivity contribution < 1.29 is 8.78 Å². The molecule has 18 heavy (non-hydrogen) atoms. The average Bonchev–Trinajstić information content (AvgIpc) is 2.27. The lowest BCUT2D eigenvalue weighted by atomic mass is 9.99. The fourth-order valence-corrected chi connectivity index (χ4v) is 1.99. The monoisotopic (exact) mass is 247 g/mol. The Kier molecular flexibility index (Phi) is 3.72. The highest BCUT2D eigenvalue weighted by Crippen LogP contribution is 2.26. The van der Waals surface area contributed by atoms with E-state index in [2.05, 4.69) is 0 Å². The van der Waals surface area contributed by atoms with Crippen molar-refractivity contribution in [2.75, 3.05) is 14.1 Å². The third-order valence-electron chi connectivity index (χ3n) is 2.68. The van der Waals surface area contributed by atoms with Crippen LogP contribution in [0.15, 0.2) is 42.5 Å². The number of nitrogens with zero attached hydrogens (tertiary/aromatic N) is 1. The van der Waals surface area contributed by atoms with Gasteiger partial charge in [-0.15, -0.1) is 0 Å². The third kappa shape index (κ3) is 2.93. The summed E-state index contributed by atoms with van der Waals surface area (Å²) < 4.78 is 26.5. The molecule has 0 radical (unpaired) electrons. The minimum Gasteiger partial charge on any atom is -0.305 e. The van der Waals surface area contributed by atoms with Crippen LogP contribution >= 0.6 is 0 Å². The van der Waals surface area contributed by atoms with Crippen molar-refractivity contribution in [3.8, 4) is 11.1 Å². The molecule has 0 bridgehead atoms. The largest absolute Gasteiger partial charge is 0.305 e. The molecular formula is C15H15F2N. The molecule has 0 amide bonds. The van der Waals surface area contributed by atoms with Gasteiger partial charge in [0.25, 0.3) is 0 Å². The molecule has 0 unspecified atom stereocenters. The van der Waals surface area contributed by atoms with E-state index in [0.29, 0.717) is 5.56 Å². The molecule has 0 aliphatic carbocycles. The predicted molar refractivity (Wildman–Crippen MR) is 69.2 cm³/mol. The van der Waals surface area contributed by atoms with Gasteiger partial charge in [-0.25, -0.2) is 8.78 Å². The van der Waals surface area contributed by atoms with Gasteiger partial charge >= 0.3 is 0 Å². The summed E-state index contributed by atoms with van der Waals surface area (Å²) in [5.41, 5.74) is 2.49. The summed E-state index contributed by atoms with van der Waals surface area (Å²) in [6, 6.07) is 11.3. The molecule has 0 aliphatic rings. The first-order valence-corrected chi connectivity index (χ1v) is 5.75. The molecule has 2 rings (SSSR count). The van der Waals surface area contributed by atoms with Crippen LogP contribution in [0.1, 0.15) is 5.56 Å². The quantitative estimate of drug-likeness (QED) is 0.799. The highest BCUT2D eigenvalue weighted by atomic mass is 19.1. The minimum atomic E-state index is -0.551. The zero-order valence-electron chi connectivity index (χ0n) is 10.5. The summed E-state index contributed by atoms with van der Waals surface area (Å²) in [5.74, 6) is -1.10. The molecule has 0 saturated heterocycles. The minimum absolute atomic E-state index is 0.551. The Morgan fingerprint density at radius 2 is 1.56 bits per heavy atom. The summed E-state index contributed by atoms with van der Waals surface area (Å²) in [6.07, 6.45) is 0. The van der Waals surface area contributed by atoms with E-state index in [-0.39, 0.29) is 0 Å². The molecule has 0 fully saturated rings. The number of rotatable bonds is 3. The Balaban J connectivity index is 2.49. The highest BCUT2D eigenvalue weighted by Gasteiger charge is 2.08. The maximum absolute atomic E-state index is 13.3. The molecule has 0 heterocycles. The van der Waals surface area contributed by atoms with Gasteiger partial charge in [0.2, 0.25) is 0 Å². The first kappa shape index (κ1) is 12.7. The average molecular weight is 247 g/mol. The molecule has 94 valence electrons. The third-order valence-corrected chi connectivity index (χ3v) is 2.68. The standard InChI is InChI=1S/C15H15F2N/c1-18(2)10-11-5-3-4-6-15(11)12-7-13(16)9-14(17)8-12/h3-9H,10H2,1-2H3. The van der Waals surface area contributed by atoms with Crippen LogP contribution < -0.4 is 0 Å². The van der Waals surface area contributed by atoms with Gasteiger partial charge in [-0.2, -0.15) is 0 Å². The summed E-state index contributed by atoms with van der Waals surface area (Å²) >= 11 is 0. The molecule has 0 spiro atoms. The fourth-order valence-electron chi connectivity index (χ4n) is 1.99. The van der Waals surface area contributed by atoms with Gasteiger partial charge in [-0.3, -0.25) is 0 Å². The Morgan fingerprint density at radius 1 is 0.944 bits per heavy atom. The lowest BCUT2D eigenvalue weighted by Gasteiger charge is -2.14. The molecular weight excluding hydrogens is 232 g/mol. The van der Waals surface area contributed by atoms with E-state index in [1.54, 1.807) is 0 Å². The van der Waals surface area contributed by atoms with Crippen molar-refractivity contribution in [3.63, 3.8) is 0 Å². The van der Waals surface area contributed by atoms with Crippen LogP contribution in [0.5, 0.6) is 0 Å². The second-order valence-electron chi connectivity index (χ2n) is 4.55. The van der Waals surface area contributed by atoms with Gasteiger partial charge in [0.15, 0.2) is 0 Å². The van der Waals surface area contributed by atoms with Crippen LogP contribution in [0, 0.1) is 11.6 Å². The first-order chi connectivity index (χ1) is 8.56. The number of benzene rings is 2. The van der Waals surface area contributed by atoms with Gasteiger partial charge in [0.1, 0.15) is 11.6 Å². The van der Waals surface area contributed by atoms with E-state index in [0.717, 1.165) is 23.7 Å². The maximum atomic E-state index is 13.3. The van der Waals surface area contributed by atoms with E-state index in [9.17, 15) is 8.78 Å². The van der Waals surface area contributed by atoms with Gasteiger partial charge in [0.05, 0.1) is 0 Å². The molecule has 2 aromatic rings. The van der Waals surface area contributed by atoms with Crippen molar-refractivity contribution in [2.24, 2.45) is 0 Å². The predicted octanol–water partition coefficient (Wildman–Crippen LogP) is 3.69.